The van der Waals surface area contributed by atoms with Gasteiger partial charge in [-0.05, 0) is 42.0 Å². The van der Waals surface area contributed by atoms with Gasteiger partial charge in [-0.15, -0.1) is 0 Å². The average molecular weight is 243 g/mol. The minimum absolute atomic E-state index is 0.656. The molecule has 0 atom stereocenters. The Morgan fingerprint density at radius 2 is 1.67 bits per heavy atom. The van der Waals surface area contributed by atoms with E-state index in [-0.39, 0.29) is 0 Å². The van der Waals surface area contributed by atoms with Crippen LogP contribution in [0.3, 0.4) is 0 Å². The predicted molar refractivity (Wildman–Crippen MR) is 68.9 cm³/mol. The molecule has 0 heterocycles. The molecule has 0 fully saturated rings. The van der Waals surface area contributed by atoms with Gasteiger partial charge in [0.1, 0.15) is 5.75 Å². The van der Waals surface area contributed by atoms with Crippen molar-refractivity contribution >= 4 is 6.21 Å². The number of ether oxygens (including phenoxy) is 2. The summed E-state index contributed by atoms with van der Waals surface area (Å²) in [4.78, 5) is 0. The van der Waals surface area contributed by atoms with Crippen molar-refractivity contribution in [1.82, 2.24) is 0 Å². The van der Waals surface area contributed by atoms with Gasteiger partial charge in [0.25, 0.3) is 0 Å². The van der Waals surface area contributed by atoms with Gasteiger partial charge in [-0.25, -0.2) is 0 Å². The van der Waals surface area contributed by atoms with Crippen LogP contribution in [0.2, 0.25) is 0 Å². The van der Waals surface area contributed by atoms with E-state index in [0.717, 1.165) is 5.56 Å². The molecule has 0 saturated heterocycles. The van der Waals surface area contributed by atoms with Gasteiger partial charge in [0.05, 0.1) is 13.3 Å². The number of methoxy groups -OCH3 is 1. The van der Waals surface area contributed by atoms with Gasteiger partial charge in [0, 0.05) is 0 Å². The third-order valence-corrected chi connectivity index (χ3v) is 2.38. The molecule has 4 nitrogen and oxygen atoms in total. The monoisotopic (exact) mass is 243 g/mol. The van der Waals surface area contributed by atoms with Crippen LogP contribution in [0, 0.1) is 0 Å². The summed E-state index contributed by atoms with van der Waals surface area (Å²) >= 11 is 0. The maximum atomic E-state index is 8.41. The van der Waals surface area contributed by atoms with E-state index in [1.807, 2.05) is 24.3 Å². The van der Waals surface area contributed by atoms with Crippen LogP contribution in [0.1, 0.15) is 5.56 Å². The zero-order valence-electron chi connectivity index (χ0n) is 9.91. The van der Waals surface area contributed by atoms with Crippen LogP contribution in [0.5, 0.6) is 17.2 Å². The van der Waals surface area contributed by atoms with Crippen LogP contribution >= 0.6 is 0 Å². The molecule has 0 aliphatic rings. The Bertz CT molecular complexity index is 535. The lowest BCUT2D eigenvalue weighted by Gasteiger charge is -2.09. The molecule has 2 aromatic carbocycles. The van der Waals surface area contributed by atoms with Gasteiger partial charge in [-0.3, -0.25) is 0 Å². The molecule has 4 heteroatoms. The highest BCUT2D eigenvalue weighted by Crippen LogP contribution is 2.30. The summed E-state index contributed by atoms with van der Waals surface area (Å²) in [6, 6.07) is 14.6. The number of oxime groups is 1. The molecule has 0 bridgehead atoms. The van der Waals surface area contributed by atoms with Gasteiger partial charge >= 0.3 is 0 Å². The van der Waals surface area contributed by atoms with Crippen molar-refractivity contribution in [2.24, 2.45) is 5.16 Å². The molecule has 0 radical (unpaired) electrons. The maximum absolute atomic E-state index is 8.41. The van der Waals surface area contributed by atoms with Gasteiger partial charge in [-0.2, -0.15) is 0 Å². The quantitative estimate of drug-likeness (QED) is 0.509. The zero-order chi connectivity index (χ0) is 12.8. The van der Waals surface area contributed by atoms with E-state index in [0.29, 0.717) is 17.2 Å². The first kappa shape index (κ1) is 12.0. The second-order valence-corrected chi connectivity index (χ2v) is 3.57. The Hall–Kier alpha value is -2.49. The molecule has 2 aromatic rings. The number of nitrogens with zero attached hydrogens (tertiary/aromatic N) is 1. The van der Waals surface area contributed by atoms with Crippen molar-refractivity contribution < 1.29 is 14.7 Å². The van der Waals surface area contributed by atoms with Crippen LogP contribution < -0.4 is 9.47 Å². The summed E-state index contributed by atoms with van der Waals surface area (Å²) < 4.78 is 10.9. The van der Waals surface area contributed by atoms with Crippen LogP contribution in [0.25, 0.3) is 0 Å². The fraction of sp³-hybridized carbons (Fsp3) is 0.0714. The fourth-order valence-electron chi connectivity index (χ4n) is 1.52. The molecule has 0 unspecified atom stereocenters. The van der Waals surface area contributed by atoms with Gasteiger partial charge in [0.15, 0.2) is 11.5 Å². The van der Waals surface area contributed by atoms with Crippen LogP contribution in [-0.4, -0.2) is 18.5 Å². The second kappa shape index (κ2) is 5.72. The molecule has 0 saturated carbocycles. The second-order valence-electron chi connectivity index (χ2n) is 3.57. The third-order valence-electron chi connectivity index (χ3n) is 2.38. The molecule has 0 amide bonds. The number of hydrogen-bond donors (Lipinski definition) is 1. The van der Waals surface area contributed by atoms with E-state index in [4.69, 9.17) is 14.7 Å². The number of para-hydroxylation sites is 2. The molecule has 92 valence electrons. The molecule has 1 N–H and O–H groups in total. The molecule has 18 heavy (non-hydrogen) atoms. The lowest BCUT2D eigenvalue weighted by Crippen LogP contribution is -1.90. The predicted octanol–water partition coefficient (Wildman–Crippen LogP) is 3.30. The largest absolute Gasteiger partial charge is 0.493 e. The minimum atomic E-state index is 0.656. The van der Waals surface area contributed by atoms with Crippen LogP contribution in [0.15, 0.2) is 53.7 Å². The summed E-state index contributed by atoms with van der Waals surface area (Å²) in [5, 5.41) is 11.4. The summed E-state index contributed by atoms with van der Waals surface area (Å²) in [6.45, 7) is 0. The van der Waals surface area contributed by atoms with Crippen molar-refractivity contribution in [3.8, 4) is 17.2 Å². The van der Waals surface area contributed by atoms with E-state index >= 15 is 0 Å². The topological polar surface area (TPSA) is 51.0 Å². The molecular weight excluding hydrogens is 230 g/mol. The molecule has 0 aliphatic heterocycles. The van der Waals surface area contributed by atoms with E-state index in [1.165, 1.54) is 6.21 Å². The Balaban J connectivity index is 2.18. The van der Waals surface area contributed by atoms with Gasteiger partial charge in [0.2, 0.25) is 0 Å². The Kier molecular flexibility index (Phi) is 3.81. The first-order valence-corrected chi connectivity index (χ1v) is 5.42. The normalized spacial score (nSPS) is 10.5. The fourth-order valence-corrected chi connectivity index (χ4v) is 1.52. The Morgan fingerprint density at radius 1 is 1.00 bits per heavy atom. The zero-order valence-corrected chi connectivity index (χ0v) is 9.91. The smallest absolute Gasteiger partial charge is 0.169 e. The first-order chi connectivity index (χ1) is 8.83. The summed E-state index contributed by atoms with van der Waals surface area (Å²) in [6.07, 6.45) is 1.35. The molecular formula is C14H13NO3. The highest BCUT2D eigenvalue weighted by molar-refractivity contribution is 5.79. The van der Waals surface area contributed by atoms with Crippen LogP contribution in [-0.2, 0) is 0 Å². The van der Waals surface area contributed by atoms with Crippen LogP contribution in [0.4, 0.5) is 0 Å². The van der Waals surface area contributed by atoms with E-state index < -0.39 is 0 Å². The van der Waals surface area contributed by atoms with E-state index in [1.54, 1.807) is 31.4 Å². The highest BCUT2D eigenvalue weighted by atomic mass is 16.5. The van der Waals surface area contributed by atoms with Gasteiger partial charge < -0.3 is 14.7 Å². The van der Waals surface area contributed by atoms with Crippen molar-refractivity contribution in [3.63, 3.8) is 0 Å². The molecule has 2 rings (SSSR count). The Labute approximate surface area is 105 Å². The highest BCUT2D eigenvalue weighted by Gasteiger charge is 2.03. The van der Waals surface area contributed by atoms with Crippen molar-refractivity contribution in [2.45, 2.75) is 0 Å². The molecule has 0 spiro atoms. The minimum Gasteiger partial charge on any atom is -0.493 e. The maximum Gasteiger partial charge on any atom is 0.169 e. The molecule has 0 aromatic heterocycles. The molecule has 0 aliphatic carbocycles. The van der Waals surface area contributed by atoms with E-state index in [2.05, 4.69) is 5.16 Å². The standard InChI is InChI=1S/C14H13NO3/c1-17-13-4-2-3-5-14(13)18-12-8-6-11(7-9-12)10-15-16/h2-10,16H,1H3. The summed E-state index contributed by atoms with van der Waals surface area (Å²) in [5.74, 6) is 2.02. The number of benzene rings is 2. The third kappa shape index (κ3) is 2.79. The summed E-state index contributed by atoms with van der Waals surface area (Å²) in [7, 11) is 1.60. The van der Waals surface area contributed by atoms with Crippen molar-refractivity contribution in [3.05, 3.63) is 54.1 Å². The first-order valence-electron chi connectivity index (χ1n) is 5.42. The lowest BCUT2D eigenvalue weighted by atomic mass is 10.2. The average Bonchev–Trinajstić information content (AvgIpc) is 2.42. The van der Waals surface area contributed by atoms with Gasteiger partial charge in [-0.1, -0.05) is 17.3 Å². The Morgan fingerprint density at radius 3 is 2.28 bits per heavy atom. The van der Waals surface area contributed by atoms with E-state index in [9.17, 15) is 0 Å². The number of hydrogen-bond acceptors (Lipinski definition) is 4. The lowest BCUT2D eigenvalue weighted by molar-refractivity contribution is 0.322. The SMILES string of the molecule is COc1ccccc1Oc1ccc(C=NO)cc1. The van der Waals surface area contributed by atoms with Crippen molar-refractivity contribution in [1.29, 1.82) is 0 Å². The van der Waals surface area contributed by atoms with Crippen molar-refractivity contribution in [2.75, 3.05) is 7.11 Å². The number of rotatable bonds is 4. The summed E-state index contributed by atoms with van der Waals surface area (Å²) in [5.41, 5.74) is 0.796.